The zero-order valence-corrected chi connectivity index (χ0v) is 16.8. The maximum Gasteiger partial charge on any atom is 0.433 e. The highest BCUT2D eigenvalue weighted by molar-refractivity contribution is 7.13. The number of hydrogen-bond donors (Lipinski definition) is 1. The van der Waals surface area contributed by atoms with Gasteiger partial charge >= 0.3 is 6.18 Å². The van der Waals surface area contributed by atoms with Crippen molar-refractivity contribution >= 4 is 34.5 Å². The zero-order chi connectivity index (χ0) is 21.3. The predicted molar refractivity (Wildman–Crippen MR) is 105 cm³/mol. The number of rotatable bonds is 6. The molecule has 0 bridgehead atoms. The fraction of sp³-hybridized carbons (Fsp3) is 0.222. The van der Waals surface area contributed by atoms with E-state index in [-0.39, 0.29) is 28.6 Å². The topological polar surface area (TPSA) is 77.1 Å². The van der Waals surface area contributed by atoms with Crippen LogP contribution in [0, 0.1) is 0 Å². The molecule has 0 saturated carbocycles. The summed E-state index contributed by atoms with van der Waals surface area (Å²) in [5.74, 6) is -0.670. The molecule has 0 aliphatic heterocycles. The number of aryl methyl sites for hydroxylation is 1. The molecule has 1 N–H and O–H groups in total. The summed E-state index contributed by atoms with van der Waals surface area (Å²) in [4.78, 5) is 17.2. The number of hydrogen-bond acceptors (Lipinski definition) is 5. The Hall–Kier alpha value is -2.92. The van der Waals surface area contributed by atoms with Crippen LogP contribution in [0.2, 0.25) is 5.02 Å². The molecule has 0 aliphatic carbocycles. The first kappa shape index (κ1) is 20.4. The third-order valence-corrected chi connectivity index (χ3v) is 5.46. The van der Waals surface area contributed by atoms with Crippen molar-refractivity contribution in [1.82, 2.24) is 29.7 Å². The lowest BCUT2D eigenvalue weighted by Crippen LogP contribution is -2.26. The van der Waals surface area contributed by atoms with Crippen LogP contribution in [0.25, 0.3) is 16.2 Å². The zero-order valence-electron chi connectivity index (χ0n) is 15.2. The predicted octanol–water partition coefficient (Wildman–Crippen LogP) is 4.15. The average Bonchev–Trinajstić information content (AvgIpc) is 3.45. The monoisotopic (exact) mass is 454 g/mol. The number of halogens is 4. The summed E-state index contributed by atoms with van der Waals surface area (Å²) in [6.45, 7) is 0.860. The second-order valence-corrected chi connectivity index (χ2v) is 7.60. The Bertz CT molecular complexity index is 1170. The number of nitrogens with zero attached hydrogens (tertiary/aromatic N) is 5. The number of carbonyl (C=O) groups excluding carboxylic acids is 1. The van der Waals surface area contributed by atoms with Crippen molar-refractivity contribution in [2.75, 3.05) is 6.54 Å². The van der Waals surface area contributed by atoms with E-state index < -0.39 is 17.8 Å². The van der Waals surface area contributed by atoms with Crippen molar-refractivity contribution in [3.8, 4) is 10.6 Å². The smallest absolute Gasteiger partial charge is 0.351 e. The Morgan fingerprint density at radius 1 is 1.30 bits per heavy atom. The molecule has 30 heavy (non-hydrogen) atoms. The standard InChI is InChI=1S/C18H14ClF3N6OS/c19-14-15(17(29)23-5-2-7-27-8-3-6-24-27)26-28-13(18(20,21)22)10-11(25-16(14)28)12-4-1-9-30-12/h1,3-4,6,8-10H,2,5,7H2,(H,23,29). The van der Waals surface area contributed by atoms with E-state index >= 15 is 0 Å². The van der Waals surface area contributed by atoms with Gasteiger partial charge in [-0.2, -0.15) is 23.4 Å². The number of thiophene rings is 1. The van der Waals surface area contributed by atoms with Gasteiger partial charge in [0.15, 0.2) is 17.0 Å². The van der Waals surface area contributed by atoms with Gasteiger partial charge in [-0.15, -0.1) is 11.3 Å². The van der Waals surface area contributed by atoms with E-state index in [1.54, 1.807) is 40.7 Å². The Labute approximate surface area is 177 Å². The summed E-state index contributed by atoms with van der Waals surface area (Å²) >= 11 is 7.46. The summed E-state index contributed by atoms with van der Waals surface area (Å²) in [6, 6.07) is 6.04. The molecule has 0 fully saturated rings. The lowest BCUT2D eigenvalue weighted by molar-refractivity contribution is -0.142. The summed E-state index contributed by atoms with van der Waals surface area (Å²) in [7, 11) is 0. The van der Waals surface area contributed by atoms with Crippen LogP contribution in [-0.4, -0.2) is 36.8 Å². The third kappa shape index (κ3) is 4.03. The summed E-state index contributed by atoms with van der Waals surface area (Å²) in [5, 5.41) is 12.0. The van der Waals surface area contributed by atoms with E-state index in [1.165, 1.54) is 11.3 Å². The van der Waals surface area contributed by atoms with E-state index in [2.05, 4.69) is 20.5 Å². The van der Waals surface area contributed by atoms with Crippen molar-refractivity contribution in [2.45, 2.75) is 19.1 Å². The van der Waals surface area contributed by atoms with E-state index in [0.29, 0.717) is 22.4 Å². The van der Waals surface area contributed by atoms with E-state index in [1.807, 2.05) is 0 Å². The van der Waals surface area contributed by atoms with E-state index in [4.69, 9.17) is 11.6 Å². The summed E-state index contributed by atoms with van der Waals surface area (Å²) in [6.07, 6.45) is -0.700. The van der Waals surface area contributed by atoms with Gasteiger partial charge in [0.2, 0.25) is 0 Å². The van der Waals surface area contributed by atoms with Crippen LogP contribution < -0.4 is 5.32 Å². The van der Waals surface area contributed by atoms with Crippen LogP contribution in [0.1, 0.15) is 22.6 Å². The van der Waals surface area contributed by atoms with Gasteiger partial charge in [-0.25, -0.2) is 9.50 Å². The molecule has 156 valence electrons. The number of carbonyl (C=O) groups is 1. The lowest BCUT2D eigenvalue weighted by atomic mass is 10.2. The van der Waals surface area contributed by atoms with Crippen molar-refractivity contribution in [2.24, 2.45) is 0 Å². The molecule has 7 nitrogen and oxygen atoms in total. The molecule has 1 amide bonds. The van der Waals surface area contributed by atoms with Crippen molar-refractivity contribution in [3.05, 3.63) is 58.4 Å². The number of aromatic nitrogens is 5. The van der Waals surface area contributed by atoms with E-state index in [0.717, 1.165) is 6.07 Å². The molecule has 0 spiro atoms. The van der Waals surface area contributed by atoms with Crippen molar-refractivity contribution < 1.29 is 18.0 Å². The fourth-order valence-electron chi connectivity index (χ4n) is 2.85. The van der Waals surface area contributed by atoms with Gasteiger partial charge in [-0.1, -0.05) is 17.7 Å². The molecule has 0 atom stereocenters. The van der Waals surface area contributed by atoms with Crippen LogP contribution in [0.5, 0.6) is 0 Å². The van der Waals surface area contributed by atoms with Gasteiger partial charge in [0.05, 0.1) is 10.6 Å². The number of fused-ring (bicyclic) bond motifs is 1. The van der Waals surface area contributed by atoms with Crippen LogP contribution >= 0.6 is 22.9 Å². The molecule has 0 aromatic carbocycles. The maximum absolute atomic E-state index is 13.6. The largest absolute Gasteiger partial charge is 0.433 e. The first-order valence-corrected chi connectivity index (χ1v) is 10.1. The van der Waals surface area contributed by atoms with Gasteiger partial charge in [-0.05, 0) is 30.0 Å². The fourth-order valence-corrected chi connectivity index (χ4v) is 3.78. The van der Waals surface area contributed by atoms with Crippen LogP contribution in [0.3, 0.4) is 0 Å². The average molecular weight is 455 g/mol. The van der Waals surface area contributed by atoms with Crippen LogP contribution in [0.4, 0.5) is 13.2 Å². The molecule has 4 rings (SSSR count). The Kier molecular flexibility index (Phi) is 5.48. The van der Waals surface area contributed by atoms with Gasteiger partial charge in [-0.3, -0.25) is 9.48 Å². The number of alkyl halides is 3. The minimum absolute atomic E-state index is 0.109. The molecule has 12 heteroatoms. The molecule has 0 saturated heterocycles. The highest BCUT2D eigenvalue weighted by Gasteiger charge is 2.36. The van der Waals surface area contributed by atoms with Gasteiger partial charge < -0.3 is 5.32 Å². The minimum atomic E-state index is -4.71. The normalized spacial score (nSPS) is 11.9. The van der Waals surface area contributed by atoms with Crippen molar-refractivity contribution in [1.29, 1.82) is 0 Å². The van der Waals surface area contributed by atoms with Gasteiger partial charge in [0.25, 0.3) is 5.91 Å². The Balaban J connectivity index is 1.62. The van der Waals surface area contributed by atoms with Crippen LogP contribution in [0.15, 0.2) is 42.0 Å². The van der Waals surface area contributed by atoms with Crippen LogP contribution in [-0.2, 0) is 12.7 Å². The molecule has 0 radical (unpaired) electrons. The molecule has 4 aromatic rings. The number of amides is 1. The molecule has 4 heterocycles. The lowest BCUT2D eigenvalue weighted by Gasteiger charge is -2.10. The highest BCUT2D eigenvalue weighted by Crippen LogP contribution is 2.35. The second-order valence-electron chi connectivity index (χ2n) is 6.28. The highest BCUT2D eigenvalue weighted by atomic mass is 35.5. The third-order valence-electron chi connectivity index (χ3n) is 4.22. The quantitative estimate of drug-likeness (QED) is 0.444. The first-order valence-electron chi connectivity index (χ1n) is 8.80. The SMILES string of the molecule is O=C(NCCCn1cccn1)c1nn2c(C(F)(F)F)cc(-c3cccs3)nc2c1Cl. The van der Waals surface area contributed by atoms with Crippen molar-refractivity contribution in [3.63, 3.8) is 0 Å². The molecule has 4 aromatic heterocycles. The van der Waals surface area contributed by atoms with Gasteiger partial charge in [0.1, 0.15) is 5.02 Å². The number of nitrogens with one attached hydrogen (secondary N) is 1. The Morgan fingerprint density at radius 3 is 2.80 bits per heavy atom. The first-order chi connectivity index (χ1) is 14.3. The Morgan fingerprint density at radius 2 is 2.13 bits per heavy atom. The summed E-state index contributed by atoms with van der Waals surface area (Å²) in [5.41, 5.74) is -1.48. The maximum atomic E-state index is 13.6. The second kappa shape index (κ2) is 8.07. The molecular formula is C18H14ClF3N6OS. The molecule has 0 unspecified atom stereocenters. The minimum Gasteiger partial charge on any atom is -0.351 e. The molecular weight excluding hydrogens is 441 g/mol. The van der Waals surface area contributed by atoms with Gasteiger partial charge in [0, 0.05) is 25.5 Å². The van der Waals surface area contributed by atoms with E-state index in [9.17, 15) is 18.0 Å². The molecule has 0 aliphatic rings. The summed E-state index contributed by atoms with van der Waals surface area (Å²) < 4.78 is 43.2.